The highest BCUT2D eigenvalue weighted by Crippen LogP contribution is 2.30. The van der Waals surface area contributed by atoms with E-state index in [-0.39, 0.29) is 12.5 Å². The maximum absolute atomic E-state index is 12.1. The molecule has 0 fully saturated rings. The van der Waals surface area contributed by atoms with Crippen molar-refractivity contribution in [2.24, 2.45) is 0 Å². The van der Waals surface area contributed by atoms with Crippen molar-refractivity contribution in [1.82, 2.24) is 0 Å². The Balaban J connectivity index is 2.02. The molecule has 1 amide bonds. The molecule has 0 bridgehead atoms. The predicted molar refractivity (Wildman–Crippen MR) is 98.7 cm³/mol. The van der Waals surface area contributed by atoms with Crippen LogP contribution in [0.1, 0.15) is 11.1 Å². The van der Waals surface area contributed by atoms with Gasteiger partial charge in [0.2, 0.25) is 5.91 Å². The van der Waals surface area contributed by atoms with E-state index in [0.717, 1.165) is 21.3 Å². The molecule has 0 aliphatic heterocycles. The third-order valence-corrected chi connectivity index (χ3v) is 4.66. The van der Waals surface area contributed by atoms with Crippen LogP contribution in [0.5, 0.6) is 5.75 Å². The van der Waals surface area contributed by atoms with E-state index in [9.17, 15) is 4.79 Å². The van der Waals surface area contributed by atoms with Gasteiger partial charge < -0.3 is 15.4 Å². The van der Waals surface area contributed by atoms with E-state index in [1.165, 1.54) is 0 Å². The van der Waals surface area contributed by atoms with Crippen molar-refractivity contribution in [2.75, 3.05) is 24.3 Å². The third-order valence-electron chi connectivity index (χ3n) is 3.37. The Labute approximate surface area is 149 Å². The maximum atomic E-state index is 12.1. The highest BCUT2D eigenvalue weighted by atomic mass is 79.9. The molecule has 0 saturated heterocycles. The average molecular weight is 398 g/mol. The molecule has 2 N–H and O–H groups in total. The number of hydrogen-bond acceptors (Lipinski definition) is 3. The minimum atomic E-state index is -0.161. The van der Waals surface area contributed by atoms with Crippen LogP contribution >= 0.6 is 27.5 Å². The fraction of sp³-hybridized carbons (Fsp3) is 0.235. The molecule has 0 saturated carbocycles. The Morgan fingerprint density at radius 2 is 1.96 bits per heavy atom. The number of ether oxygens (including phenoxy) is 1. The Bertz CT molecular complexity index is 735. The molecule has 0 aliphatic carbocycles. The summed E-state index contributed by atoms with van der Waals surface area (Å²) in [5.74, 6) is 0.374. The lowest BCUT2D eigenvalue weighted by molar-refractivity contribution is -0.114. The fourth-order valence-corrected chi connectivity index (χ4v) is 2.46. The van der Waals surface area contributed by atoms with Gasteiger partial charge in [0.05, 0.1) is 19.3 Å². The number of nitrogens with one attached hydrogen (secondary N) is 2. The summed E-state index contributed by atoms with van der Waals surface area (Å²) in [5, 5.41) is 6.53. The zero-order chi connectivity index (χ0) is 17.0. The van der Waals surface area contributed by atoms with Gasteiger partial charge in [0.15, 0.2) is 0 Å². The second kappa shape index (κ2) is 7.70. The molecule has 0 aromatic heterocycles. The van der Waals surface area contributed by atoms with Crippen molar-refractivity contribution >= 4 is 44.8 Å². The van der Waals surface area contributed by atoms with Gasteiger partial charge in [-0.2, -0.15) is 0 Å². The number of anilines is 2. The first-order valence-corrected chi connectivity index (χ1v) is 8.22. The van der Waals surface area contributed by atoms with Gasteiger partial charge in [0.1, 0.15) is 5.75 Å². The van der Waals surface area contributed by atoms with Crippen molar-refractivity contribution in [2.45, 2.75) is 13.8 Å². The Morgan fingerprint density at radius 3 is 2.61 bits per heavy atom. The second-order valence-electron chi connectivity index (χ2n) is 5.17. The standard InChI is InChI=1S/C17H18BrClN2O2/c1-10-6-12(4-5-13(10)18)20-9-17(22)21-15-7-11(2)14(19)8-16(15)23-3/h4-8,20H,9H2,1-3H3,(H,21,22). The van der Waals surface area contributed by atoms with Crippen LogP contribution in [-0.2, 0) is 4.79 Å². The lowest BCUT2D eigenvalue weighted by Crippen LogP contribution is -2.22. The minimum absolute atomic E-state index is 0.159. The van der Waals surface area contributed by atoms with Crippen LogP contribution in [0.4, 0.5) is 11.4 Å². The van der Waals surface area contributed by atoms with Gasteiger partial charge in [-0.05, 0) is 49.2 Å². The summed E-state index contributed by atoms with van der Waals surface area (Å²) in [6.07, 6.45) is 0. The second-order valence-corrected chi connectivity index (χ2v) is 6.43. The Morgan fingerprint density at radius 1 is 1.22 bits per heavy atom. The number of amides is 1. The molecule has 6 heteroatoms. The van der Waals surface area contributed by atoms with Crippen LogP contribution in [0, 0.1) is 13.8 Å². The van der Waals surface area contributed by atoms with E-state index in [1.54, 1.807) is 19.2 Å². The summed E-state index contributed by atoms with van der Waals surface area (Å²) in [6, 6.07) is 9.32. The SMILES string of the molecule is COc1cc(Cl)c(C)cc1NC(=O)CNc1ccc(Br)c(C)c1. The summed E-state index contributed by atoms with van der Waals surface area (Å²) < 4.78 is 6.28. The van der Waals surface area contributed by atoms with E-state index >= 15 is 0 Å². The van der Waals surface area contributed by atoms with Crippen LogP contribution < -0.4 is 15.4 Å². The van der Waals surface area contributed by atoms with Gasteiger partial charge in [-0.15, -0.1) is 0 Å². The monoisotopic (exact) mass is 396 g/mol. The predicted octanol–water partition coefficient (Wildman–Crippen LogP) is 4.78. The highest BCUT2D eigenvalue weighted by molar-refractivity contribution is 9.10. The third kappa shape index (κ3) is 4.62. The van der Waals surface area contributed by atoms with Crippen molar-refractivity contribution in [1.29, 1.82) is 0 Å². The normalized spacial score (nSPS) is 10.3. The number of aryl methyl sites for hydroxylation is 2. The Kier molecular flexibility index (Phi) is 5.91. The molecule has 0 heterocycles. The van der Waals surface area contributed by atoms with Crippen LogP contribution in [0.15, 0.2) is 34.8 Å². The number of rotatable bonds is 5. The van der Waals surface area contributed by atoms with Gasteiger partial charge in [-0.25, -0.2) is 0 Å². The number of halogens is 2. The van der Waals surface area contributed by atoms with E-state index in [0.29, 0.717) is 16.5 Å². The van der Waals surface area contributed by atoms with E-state index in [2.05, 4.69) is 26.6 Å². The van der Waals surface area contributed by atoms with Crippen LogP contribution in [0.25, 0.3) is 0 Å². The Hall–Kier alpha value is -1.72. The van der Waals surface area contributed by atoms with E-state index in [4.69, 9.17) is 16.3 Å². The number of carbonyl (C=O) groups excluding carboxylic acids is 1. The smallest absolute Gasteiger partial charge is 0.243 e. The number of carbonyl (C=O) groups is 1. The number of methoxy groups -OCH3 is 1. The summed E-state index contributed by atoms with van der Waals surface area (Å²) >= 11 is 9.51. The van der Waals surface area contributed by atoms with Crippen LogP contribution in [0.3, 0.4) is 0 Å². The molecular formula is C17H18BrClN2O2. The van der Waals surface area contributed by atoms with Gasteiger partial charge in [-0.3, -0.25) is 4.79 Å². The molecule has 2 aromatic rings. The minimum Gasteiger partial charge on any atom is -0.495 e. The average Bonchev–Trinajstić information content (AvgIpc) is 2.52. The maximum Gasteiger partial charge on any atom is 0.243 e. The van der Waals surface area contributed by atoms with Gasteiger partial charge >= 0.3 is 0 Å². The summed E-state index contributed by atoms with van der Waals surface area (Å²) in [4.78, 5) is 12.1. The number of benzene rings is 2. The summed E-state index contributed by atoms with van der Waals surface area (Å²) in [5.41, 5.74) is 3.47. The molecule has 122 valence electrons. The van der Waals surface area contributed by atoms with E-state index in [1.807, 2.05) is 32.0 Å². The van der Waals surface area contributed by atoms with Crippen molar-refractivity contribution < 1.29 is 9.53 Å². The summed E-state index contributed by atoms with van der Waals surface area (Å²) in [7, 11) is 1.54. The van der Waals surface area contributed by atoms with Crippen LogP contribution in [-0.4, -0.2) is 19.6 Å². The lowest BCUT2D eigenvalue weighted by Gasteiger charge is -2.13. The van der Waals surface area contributed by atoms with E-state index < -0.39 is 0 Å². The molecule has 0 radical (unpaired) electrons. The van der Waals surface area contributed by atoms with Crippen molar-refractivity contribution in [3.8, 4) is 5.75 Å². The lowest BCUT2D eigenvalue weighted by atomic mass is 10.2. The van der Waals surface area contributed by atoms with Crippen molar-refractivity contribution in [3.05, 3.63) is 51.0 Å². The molecule has 0 unspecified atom stereocenters. The van der Waals surface area contributed by atoms with Crippen molar-refractivity contribution in [3.63, 3.8) is 0 Å². The largest absolute Gasteiger partial charge is 0.495 e. The molecule has 2 rings (SSSR count). The van der Waals surface area contributed by atoms with Gasteiger partial charge in [0.25, 0.3) is 0 Å². The molecule has 0 spiro atoms. The topological polar surface area (TPSA) is 50.4 Å². The highest BCUT2D eigenvalue weighted by Gasteiger charge is 2.10. The van der Waals surface area contributed by atoms with Crippen LogP contribution in [0.2, 0.25) is 5.02 Å². The zero-order valence-corrected chi connectivity index (χ0v) is 15.5. The first-order valence-electron chi connectivity index (χ1n) is 7.04. The molecule has 0 atom stereocenters. The summed E-state index contributed by atoms with van der Waals surface area (Å²) in [6.45, 7) is 4.03. The van der Waals surface area contributed by atoms with Gasteiger partial charge in [-0.1, -0.05) is 27.5 Å². The molecule has 23 heavy (non-hydrogen) atoms. The quantitative estimate of drug-likeness (QED) is 0.763. The molecule has 4 nitrogen and oxygen atoms in total. The first-order chi connectivity index (χ1) is 10.9. The number of hydrogen-bond donors (Lipinski definition) is 2. The molecule has 0 aliphatic rings. The first kappa shape index (κ1) is 17.6. The molecular weight excluding hydrogens is 380 g/mol. The molecule has 2 aromatic carbocycles. The fourth-order valence-electron chi connectivity index (χ4n) is 2.06. The van der Waals surface area contributed by atoms with Gasteiger partial charge in [0, 0.05) is 21.2 Å². The zero-order valence-electron chi connectivity index (χ0n) is 13.2.